The Kier molecular flexibility index (Phi) is 9.66. The predicted molar refractivity (Wildman–Crippen MR) is 141 cm³/mol. The molecule has 0 saturated heterocycles. The van der Waals surface area contributed by atoms with E-state index in [1.165, 1.54) is 35.4 Å². The van der Waals surface area contributed by atoms with Crippen molar-refractivity contribution in [3.8, 4) is 11.5 Å². The Bertz CT molecular complexity index is 1210. The molecule has 0 spiro atoms. The molecule has 5 N–H and O–H groups in total. The number of halogens is 1. The molecule has 0 fully saturated rings. The second-order valence-electron chi connectivity index (χ2n) is 7.78. The van der Waals surface area contributed by atoms with Gasteiger partial charge < -0.3 is 26.0 Å². The summed E-state index contributed by atoms with van der Waals surface area (Å²) in [4.78, 5) is 29.9. The number of benzene rings is 2. The second kappa shape index (κ2) is 13.1. The van der Waals surface area contributed by atoms with E-state index < -0.39 is 5.82 Å². The van der Waals surface area contributed by atoms with Gasteiger partial charge in [0.25, 0.3) is 0 Å². The highest BCUT2D eigenvalue weighted by molar-refractivity contribution is 7.80. The fraction of sp³-hybridized carbons (Fsp3) is 0.200. The number of nitrogens with two attached hydrogens (primary N) is 1. The lowest BCUT2D eigenvalue weighted by atomic mass is 10.1. The standard InChI is InChI=1S/C25H27FN6O3S/c1-32(13-5-11-27)25(34)30-22-16-19(10-12-28-22)35-21-9-8-18(15-20(21)26)29-24(36)31-23(33)14-17-6-3-2-4-7-17/h2-4,6-10,12,15-16H,5,11,13-14,27H2,1H3,(H,28,30,34)(H2,29,31,33,36). The molecule has 1 aromatic heterocycles. The van der Waals surface area contributed by atoms with Gasteiger partial charge in [0.05, 0.1) is 6.42 Å². The third kappa shape index (κ3) is 8.29. The Hall–Kier alpha value is -4.09. The van der Waals surface area contributed by atoms with Crippen LogP contribution in [0.4, 0.5) is 20.7 Å². The number of urea groups is 1. The van der Waals surface area contributed by atoms with Gasteiger partial charge in [-0.05, 0) is 48.9 Å². The highest BCUT2D eigenvalue weighted by Gasteiger charge is 2.12. The molecule has 1 heterocycles. The van der Waals surface area contributed by atoms with Crippen molar-refractivity contribution in [3.63, 3.8) is 0 Å². The molecule has 2 aromatic carbocycles. The minimum absolute atomic E-state index is 0.0388. The van der Waals surface area contributed by atoms with E-state index in [1.807, 2.05) is 30.3 Å². The number of carbonyl (C=O) groups excluding carboxylic acids is 2. The van der Waals surface area contributed by atoms with Crippen molar-refractivity contribution < 1.29 is 18.7 Å². The van der Waals surface area contributed by atoms with Gasteiger partial charge in [-0.2, -0.15) is 0 Å². The Morgan fingerprint density at radius 3 is 2.61 bits per heavy atom. The summed E-state index contributed by atoms with van der Waals surface area (Å²) in [7, 11) is 1.65. The van der Waals surface area contributed by atoms with Gasteiger partial charge in [0.2, 0.25) is 5.91 Å². The van der Waals surface area contributed by atoms with Crippen molar-refractivity contribution in [2.75, 3.05) is 30.8 Å². The number of nitrogens with one attached hydrogen (secondary N) is 3. The zero-order valence-corrected chi connectivity index (χ0v) is 20.5. The average molecular weight is 511 g/mol. The highest BCUT2D eigenvalue weighted by Crippen LogP contribution is 2.27. The lowest BCUT2D eigenvalue weighted by Crippen LogP contribution is -2.35. The van der Waals surface area contributed by atoms with E-state index in [2.05, 4.69) is 20.9 Å². The van der Waals surface area contributed by atoms with Crippen LogP contribution in [-0.4, -0.2) is 47.1 Å². The number of pyridine rings is 1. The molecule has 3 aromatic rings. The zero-order valence-electron chi connectivity index (χ0n) is 19.7. The molecule has 188 valence electrons. The lowest BCUT2D eigenvalue weighted by molar-refractivity contribution is -0.119. The molecule has 9 nitrogen and oxygen atoms in total. The molecule has 0 radical (unpaired) electrons. The summed E-state index contributed by atoms with van der Waals surface area (Å²) in [5.41, 5.74) is 6.66. The number of anilines is 2. The largest absolute Gasteiger partial charge is 0.454 e. The quantitative estimate of drug-likeness (QED) is 0.322. The van der Waals surface area contributed by atoms with Gasteiger partial charge in [0.15, 0.2) is 16.7 Å². The minimum atomic E-state index is -0.651. The first kappa shape index (κ1) is 26.5. The van der Waals surface area contributed by atoms with Crippen molar-refractivity contribution >= 4 is 40.8 Å². The van der Waals surface area contributed by atoms with Crippen molar-refractivity contribution in [2.45, 2.75) is 12.8 Å². The molecule has 36 heavy (non-hydrogen) atoms. The Labute approximate surface area is 213 Å². The zero-order chi connectivity index (χ0) is 25.9. The molecule has 0 aliphatic heterocycles. The van der Waals surface area contributed by atoms with Crippen LogP contribution >= 0.6 is 12.2 Å². The van der Waals surface area contributed by atoms with Crippen LogP contribution < -0.4 is 26.4 Å². The number of ether oxygens (including phenoxy) is 1. The average Bonchev–Trinajstić information content (AvgIpc) is 2.85. The van der Waals surface area contributed by atoms with Crippen LogP contribution in [-0.2, 0) is 11.2 Å². The van der Waals surface area contributed by atoms with E-state index in [0.717, 1.165) is 5.56 Å². The first-order chi connectivity index (χ1) is 17.3. The van der Waals surface area contributed by atoms with Crippen LogP contribution in [0.3, 0.4) is 0 Å². The van der Waals surface area contributed by atoms with Crippen molar-refractivity contribution in [2.24, 2.45) is 5.73 Å². The van der Waals surface area contributed by atoms with E-state index in [-0.39, 0.29) is 40.8 Å². The van der Waals surface area contributed by atoms with Crippen LogP contribution in [0, 0.1) is 5.82 Å². The maximum absolute atomic E-state index is 14.7. The van der Waals surface area contributed by atoms with Crippen molar-refractivity contribution in [1.82, 2.24) is 15.2 Å². The number of nitrogens with zero attached hydrogens (tertiary/aromatic N) is 2. The van der Waals surface area contributed by atoms with Gasteiger partial charge in [-0.1, -0.05) is 30.3 Å². The summed E-state index contributed by atoms with van der Waals surface area (Å²) in [5, 5.41) is 8.05. The maximum Gasteiger partial charge on any atom is 0.322 e. The maximum atomic E-state index is 14.7. The topological polar surface area (TPSA) is 122 Å². The summed E-state index contributed by atoms with van der Waals surface area (Å²) in [6, 6.07) is 16.1. The number of aromatic nitrogens is 1. The molecular formula is C25H27FN6O3S. The number of hydrogen-bond donors (Lipinski definition) is 4. The van der Waals surface area contributed by atoms with E-state index in [4.69, 9.17) is 22.7 Å². The van der Waals surface area contributed by atoms with Gasteiger partial charge in [0.1, 0.15) is 11.6 Å². The molecule has 0 atom stereocenters. The normalized spacial score (nSPS) is 10.3. The van der Waals surface area contributed by atoms with E-state index in [1.54, 1.807) is 13.1 Å². The molecule has 3 rings (SSSR count). The highest BCUT2D eigenvalue weighted by atomic mass is 32.1. The third-order valence-corrected chi connectivity index (χ3v) is 5.09. The molecule has 0 saturated carbocycles. The molecule has 0 aliphatic rings. The molecule has 0 aliphatic carbocycles. The number of carbonyl (C=O) groups is 2. The van der Waals surface area contributed by atoms with Crippen molar-refractivity contribution in [3.05, 3.63) is 78.2 Å². The van der Waals surface area contributed by atoms with Gasteiger partial charge in [-0.15, -0.1) is 0 Å². The van der Waals surface area contributed by atoms with E-state index in [9.17, 15) is 14.0 Å². The Morgan fingerprint density at radius 2 is 1.89 bits per heavy atom. The van der Waals surface area contributed by atoms with Crippen LogP contribution in [0.25, 0.3) is 0 Å². The fourth-order valence-corrected chi connectivity index (χ4v) is 3.31. The number of hydrogen-bond acceptors (Lipinski definition) is 6. The number of thiocarbonyl (C=S) groups is 1. The number of rotatable bonds is 9. The summed E-state index contributed by atoms with van der Waals surface area (Å²) >= 11 is 5.15. The van der Waals surface area contributed by atoms with Gasteiger partial charge in [0, 0.05) is 37.6 Å². The Morgan fingerprint density at radius 1 is 1.11 bits per heavy atom. The second-order valence-corrected chi connectivity index (χ2v) is 8.19. The van der Waals surface area contributed by atoms with E-state index >= 15 is 0 Å². The molecule has 3 amide bonds. The van der Waals surface area contributed by atoms with E-state index in [0.29, 0.717) is 25.2 Å². The SMILES string of the molecule is CN(CCCN)C(=O)Nc1cc(Oc2ccc(NC(=S)NC(=O)Cc3ccccc3)cc2F)ccn1. The third-order valence-electron chi connectivity index (χ3n) is 4.89. The van der Waals surface area contributed by atoms with Crippen LogP contribution in [0.1, 0.15) is 12.0 Å². The first-order valence-electron chi connectivity index (χ1n) is 11.1. The Balaban J connectivity index is 1.55. The summed E-state index contributed by atoms with van der Waals surface area (Å²) < 4.78 is 20.3. The fourth-order valence-electron chi connectivity index (χ4n) is 3.08. The molecular weight excluding hydrogens is 483 g/mol. The van der Waals surface area contributed by atoms with Gasteiger partial charge in [-0.3, -0.25) is 10.1 Å². The first-order valence-corrected chi connectivity index (χ1v) is 11.6. The van der Waals surface area contributed by atoms with Gasteiger partial charge >= 0.3 is 6.03 Å². The molecule has 11 heteroatoms. The monoisotopic (exact) mass is 510 g/mol. The number of amides is 3. The molecule has 0 unspecified atom stereocenters. The van der Waals surface area contributed by atoms with Crippen LogP contribution in [0.15, 0.2) is 66.9 Å². The molecule has 0 bridgehead atoms. The summed E-state index contributed by atoms with van der Waals surface area (Å²) in [5.74, 6) is -0.434. The summed E-state index contributed by atoms with van der Waals surface area (Å²) in [6.45, 7) is 0.984. The van der Waals surface area contributed by atoms with Crippen molar-refractivity contribution in [1.29, 1.82) is 0 Å². The van der Waals surface area contributed by atoms with Crippen LogP contribution in [0.5, 0.6) is 11.5 Å². The lowest BCUT2D eigenvalue weighted by Gasteiger charge is -2.17. The van der Waals surface area contributed by atoms with Gasteiger partial charge in [-0.25, -0.2) is 14.2 Å². The minimum Gasteiger partial charge on any atom is -0.454 e. The smallest absolute Gasteiger partial charge is 0.322 e. The predicted octanol–water partition coefficient (Wildman–Crippen LogP) is 3.88. The summed E-state index contributed by atoms with van der Waals surface area (Å²) in [6.07, 6.45) is 2.28. The van der Waals surface area contributed by atoms with Crippen LogP contribution in [0.2, 0.25) is 0 Å².